The summed E-state index contributed by atoms with van der Waals surface area (Å²) in [6.45, 7) is 5.67. The van der Waals surface area contributed by atoms with E-state index in [1.807, 2.05) is 32.9 Å². The fourth-order valence-electron chi connectivity index (χ4n) is 7.31. The second-order valence-corrected chi connectivity index (χ2v) is 16.6. The van der Waals surface area contributed by atoms with E-state index in [-0.39, 0.29) is 64.4 Å². The maximum atomic E-state index is 15.7. The Morgan fingerprint density at radius 1 is 1.10 bits per heavy atom. The van der Waals surface area contributed by atoms with Crippen molar-refractivity contribution in [3.8, 4) is 28.6 Å². The van der Waals surface area contributed by atoms with Gasteiger partial charge in [-0.15, -0.1) is 0 Å². The van der Waals surface area contributed by atoms with Crippen LogP contribution in [0.1, 0.15) is 69.0 Å². The number of hydrogen-bond donors (Lipinski definition) is 2. The van der Waals surface area contributed by atoms with Crippen LogP contribution in [0, 0.1) is 22.9 Å². The molecule has 0 amide bonds. The fraction of sp³-hybridized carbons (Fsp3) is 0.395. The summed E-state index contributed by atoms with van der Waals surface area (Å²) < 4.78 is 87.3. The van der Waals surface area contributed by atoms with E-state index in [0.29, 0.717) is 42.0 Å². The Morgan fingerprint density at radius 3 is 2.60 bits per heavy atom. The van der Waals surface area contributed by atoms with Crippen LogP contribution in [0.4, 0.5) is 13.2 Å². The monoisotopic (exact) mass is 738 g/mol. The molecule has 5 aromatic rings. The standard InChI is InChI=1S/C38H41F3N4O6S/c1-37(2)16-7-17-38(3,27-9-6-8-22(33(27)50-5)10-13-29(46)47)36-43-35(45(4)44-36)26-20-23(11-12-28(26)39)51-34-25(15-19-52(48,49)21-37)24-14-18-42-32(24)30(40)31(34)41/h6,8-9,11-12,14,18,20,42H,7,10,13,15-17,19,21H2,1-5H3,(H,46,47). The molecule has 1 aliphatic heterocycles. The number of methoxy groups -OCH3 is 1. The third-order valence-electron chi connectivity index (χ3n) is 9.92. The number of carboxylic acids is 1. The molecule has 3 heterocycles. The van der Waals surface area contributed by atoms with Crippen LogP contribution >= 0.6 is 0 Å². The lowest BCUT2D eigenvalue weighted by Gasteiger charge is -2.32. The van der Waals surface area contributed by atoms with E-state index in [1.165, 1.54) is 36.2 Å². The van der Waals surface area contributed by atoms with Gasteiger partial charge in [-0.1, -0.05) is 38.5 Å². The minimum atomic E-state index is -3.72. The highest BCUT2D eigenvalue weighted by Crippen LogP contribution is 2.44. The molecule has 3 aromatic carbocycles. The number of aromatic amines is 1. The zero-order chi connectivity index (χ0) is 37.6. The Balaban J connectivity index is 1.54. The molecule has 1 unspecified atom stereocenters. The van der Waals surface area contributed by atoms with Gasteiger partial charge >= 0.3 is 5.97 Å². The molecule has 0 fully saturated rings. The second kappa shape index (κ2) is 13.9. The number of carbonyl (C=O) groups is 1. The first kappa shape index (κ1) is 36.9. The predicted octanol–water partition coefficient (Wildman–Crippen LogP) is 7.67. The van der Waals surface area contributed by atoms with Gasteiger partial charge in [-0.05, 0) is 67.9 Å². The van der Waals surface area contributed by atoms with E-state index in [0.717, 1.165) is 6.07 Å². The minimum absolute atomic E-state index is 0.0155. The van der Waals surface area contributed by atoms with Crippen molar-refractivity contribution in [3.63, 3.8) is 0 Å². The average molecular weight is 739 g/mol. The number of halogens is 3. The second-order valence-electron chi connectivity index (χ2n) is 14.4. The van der Waals surface area contributed by atoms with Gasteiger partial charge in [-0.3, -0.25) is 4.79 Å². The lowest BCUT2D eigenvalue weighted by molar-refractivity contribution is -0.136. The molecule has 0 radical (unpaired) electrons. The summed E-state index contributed by atoms with van der Waals surface area (Å²) in [6, 6.07) is 10.7. The first-order chi connectivity index (χ1) is 24.5. The molecule has 0 saturated heterocycles. The molecule has 1 atom stereocenters. The molecule has 1 aliphatic rings. The number of aliphatic carboxylic acids is 1. The predicted molar refractivity (Wildman–Crippen MR) is 190 cm³/mol. The summed E-state index contributed by atoms with van der Waals surface area (Å²) in [7, 11) is -0.602. The molecule has 0 spiro atoms. The smallest absolute Gasteiger partial charge is 0.303 e. The number of para-hydroxylation sites is 1. The zero-order valence-electron chi connectivity index (χ0n) is 29.6. The minimum Gasteiger partial charge on any atom is -0.496 e. The summed E-state index contributed by atoms with van der Waals surface area (Å²) in [6.07, 6.45) is 2.85. The van der Waals surface area contributed by atoms with Crippen LogP contribution in [0.5, 0.6) is 17.2 Å². The van der Waals surface area contributed by atoms with Crippen molar-refractivity contribution in [2.24, 2.45) is 12.5 Å². The van der Waals surface area contributed by atoms with Gasteiger partial charge in [0.25, 0.3) is 0 Å². The molecule has 6 rings (SSSR count). The van der Waals surface area contributed by atoms with Gasteiger partial charge in [-0.25, -0.2) is 26.9 Å². The molecule has 0 saturated carbocycles. The van der Waals surface area contributed by atoms with Crippen molar-refractivity contribution in [2.45, 2.75) is 64.7 Å². The Hall–Kier alpha value is -4.85. The maximum Gasteiger partial charge on any atom is 0.303 e. The number of sulfone groups is 1. The van der Waals surface area contributed by atoms with E-state index < -0.39 is 49.8 Å². The first-order valence-corrected chi connectivity index (χ1v) is 18.8. The van der Waals surface area contributed by atoms with Crippen LogP contribution in [-0.4, -0.2) is 57.9 Å². The first-order valence-electron chi connectivity index (χ1n) is 17.0. The molecule has 276 valence electrons. The normalized spacial score (nSPS) is 18.9. The van der Waals surface area contributed by atoms with Crippen molar-refractivity contribution in [3.05, 3.63) is 88.6 Å². The topological polar surface area (TPSA) is 136 Å². The number of rotatable bonds is 5. The van der Waals surface area contributed by atoms with Crippen LogP contribution in [-0.2, 0) is 39.9 Å². The Labute approximate surface area is 299 Å². The summed E-state index contributed by atoms with van der Waals surface area (Å²) in [4.78, 5) is 19.0. The van der Waals surface area contributed by atoms with E-state index >= 15 is 13.2 Å². The number of aromatic nitrogens is 4. The number of carboxylic acid groups (broad SMARTS) is 1. The molecule has 0 aliphatic carbocycles. The Kier molecular flexibility index (Phi) is 9.90. The van der Waals surface area contributed by atoms with Crippen molar-refractivity contribution in [1.29, 1.82) is 0 Å². The quantitative estimate of drug-likeness (QED) is 0.188. The summed E-state index contributed by atoms with van der Waals surface area (Å²) >= 11 is 0. The van der Waals surface area contributed by atoms with Gasteiger partial charge in [-0.2, -0.15) is 9.49 Å². The highest BCUT2D eigenvalue weighted by Gasteiger charge is 2.38. The number of fused-ring (bicyclic) bond motifs is 8. The molecule has 4 bridgehead atoms. The number of ether oxygens (including phenoxy) is 2. The van der Waals surface area contributed by atoms with Crippen LogP contribution in [0.2, 0.25) is 0 Å². The average Bonchev–Trinajstić information content (AvgIpc) is 3.73. The van der Waals surface area contributed by atoms with Gasteiger partial charge < -0.3 is 19.6 Å². The third-order valence-corrected chi connectivity index (χ3v) is 12.0. The summed E-state index contributed by atoms with van der Waals surface area (Å²) in [5, 5.41) is 14.4. The van der Waals surface area contributed by atoms with E-state index in [1.54, 1.807) is 13.1 Å². The number of H-pyrrole nitrogens is 1. The Morgan fingerprint density at radius 2 is 1.87 bits per heavy atom. The number of benzene rings is 3. The third kappa shape index (κ3) is 7.12. The van der Waals surface area contributed by atoms with Crippen molar-refractivity contribution >= 4 is 26.7 Å². The lowest BCUT2D eigenvalue weighted by atomic mass is 9.74. The van der Waals surface area contributed by atoms with Gasteiger partial charge in [0.05, 0.1) is 35.1 Å². The molecular weight excluding hydrogens is 698 g/mol. The largest absolute Gasteiger partial charge is 0.496 e. The highest BCUT2D eigenvalue weighted by atomic mass is 32.2. The van der Waals surface area contributed by atoms with E-state index in [2.05, 4.69) is 4.98 Å². The van der Waals surface area contributed by atoms with Crippen molar-refractivity contribution in [1.82, 2.24) is 19.7 Å². The van der Waals surface area contributed by atoms with Gasteiger partial charge in [0.1, 0.15) is 17.3 Å². The van der Waals surface area contributed by atoms with Crippen LogP contribution in [0.3, 0.4) is 0 Å². The molecule has 2 N–H and O–H groups in total. The molecule has 2 aromatic heterocycles. The van der Waals surface area contributed by atoms with Crippen LogP contribution < -0.4 is 9.47 Å². The lowest BCUT2D eigenvalue weighted by Crippen LogP contribution is -2.30. The van der Waals surface area contributed by atoms with Gasteiger partial charge in [0.2, 0.25) is 5.82 Å². The summed E-state index contributed by atoms with van der Waals surface area (Å²) in [5.74, 6) is -4.19. The number of aryl methyl sites for hydroxylation is 3. The van der Waals surface area contributed by atoms with Crippen LogP contribution in [0.25, 0.3) is 22.3 Å². The number of nitrogens with one attached hydrogen (secondary N) is 1. The fourth-order valence-corrected chi connectivity index (χ4v) is 9.31. The molecule has 14 heteroatoms. The number of hydrogen-bond acceptors (Lipinski definition) is 7. The van der Waals surface area contributed by atoms with Gasteiger partial charge in [0.15, 0.2) is 33.1 Å². The molecular formula is C38H41F3N4O6S. The van der Waals surface area contributed by atoms with Crippen LogP contribution in [0.15, 0.2) is 48.7 Å². The SMILES string of the molecule is COc1c(CCC(=O)O)cccc1C1(C)CCCC(C)(C)CS(=O)(=O)CCc2c(c(F)c(F)c3[nH]ccc23)Oc2ccc(F)c(c2)-c2nc1nn2C. The van der Waals surface area contributed by atoms with Gasteiger partial charge in [0, 0.05) is 36.2 Å². The zero-order valence-corrected chi connectivity index (χ0v) is 30.5. The number of nitrogens with zero attached hydrogens (tertiary/aromatic N) is 3. The van der Waals surface area contributed by atoms with E-state index in [9.17, 15) is 18.3 Å². The molecule has 10 nitrogen and oxygen atoms in total. The van der Waals surface area contributed by atoms with Crippen molar-refractivity contribution < 1.29 is 41.0 Å². The van der Waals surface area contributed by atoms with Crippen molar-refractivity contribution in [2.75, 3.05) is 18.6 Å². The van der Waals surface area contributed by atoms with E-state index in [4.69, 9.17) is 19.6 Å². The maximum absolute atomic E-state index is 15.7. The summed E-state index contributed by atoms with van der Waals surface area (Å²) in [5.41, 5.74) is -0.234. The highest BCUT2D eigenvalue weighted by molar-refractivity contribution is 7.91. The Bertz CT molecular complexity index is 2280. The molecule has 52 heavy (non-hydrogen) atoms.